The molecule has 0 aliphatic heterocycles. The van der Waals surface area contributed by atoms with Crippen LogP contribution in [0.1, 0.15) is 0 Å². The van der Waals surface area contributed by atoms with Gasteiger partial charge in [-0.25, -0.2) is 9.78 Å². The van der Waals surface area contributed by atoms with Crippen molar-refractivity contribution in [2.24, 2.45) is 0 Å². The maximum absolute atomic E-state index is 12.2. The fourth-order valence-electron chi connectivity index (χ4n) is 1.53. The summed E-state index contributed by atoms with van der Waals surface area (Å²) < 4.78 is 0.755. The zero-order chi connectivity index (χ0) is 15.4. The highest BCUT2D eigenvalue weighted by Crippen LogP contribution is 2.25. The van der Waals surface area contributed by atoms with Crippen LogP contribution in [-0.4, -0.2) is 28.6 Å². The fourth-order valence-corrected chi connectivity index (χ4v) is 2.81. The fraction of sp³-hybridized carbons (Fsp3) is 0.0833. The van der Waals surface area contributed by atoms with Gasteiger partial charge in [-0.1, -0.05) is 29.0 Å². The summed E-state index contributed by atoms with van der Waals surface area (Å²) in [7, 11) is 0. The van der Waals surface area contributed by atoms with Crippen molar-refractivity contribution < 1.29 is 14.7 Å². The number of urea groups is 1. The molecule has 0 bridgehead atoms. The molecule has 6 nitrogen and oxygen atoms in total. The highest BCUT2D eigenvalue weighted by atomic mass is 79.9. The number of aliphatic carboxylic acids is 1. The van der Waals surface area contributed by atoms with E-state index in [0.717, 1.165) is 8.69 Å². The molecule has 0 aliphatic rings. The van der Waals surface area contributed by atoms with Gasteiger partial charge in [-0.15, -0.1) is 0 Å². The van der Waals surface area contributed by atoms with E-state index in [1.807, 2.05) is 0 Å². The highest BCUT2D eigenvalue weighted by Gasteiger charge is 2.20. The third-order valence-corrected chi connectivity index (χ3v) is 3.98. The standard InChI is InChI=1S/C12H9BrClN3O3S/c13-9-5-15-11(21-9)16-12(20)17(6-10(18)19)8-3-1-2-7(14)4-8/h1-5H,6H2,(H,18,19)(H,15,16,20). The smallest absolute Gasteiger partial charge is 0.328 e. The third kappa shape index (κ3) is 4.42. The first-order chi connectivity index (χ1) is 9.95. The SMILES string of the molecule is O=C(O)CN(C(=O)Nc1ncc(Br)s1)c1cccc(Cl)c1. The molecule has 110 valence electrons. The van der Waals surface area contributed by atoms with Gasteiger partial charge in [-0.05, 0) is 34.1 Å². The molecule has 9 heteroatoms. The summed E-state index contributed by atoms with van der Waals surface area (Å²) in [5.74, 6) is -1.13. The Hall–Kier alpha value is -1.64. The summed E-state index contributed by atoms with van der Waals surface area (Å²) in [4.78, 5) is 28.2. The van der Waals surface area contributed by atoms with Gasteiger partial charge in [-0.3, -0.25) is 15.0 Å². The predicted molar refractivity (Wildman–Crippen MR) is 85.3 cm³/mol. The Labute approximate surface area is 137 Å². The molecule has 0 spiro atoms. The second-order valence-electron chi connectivity index (χ2n) is 3.86. The van der Waals surface area contributed by atoms with Crippen molar-refractivity contribution in [2.75, 3.05) is 16.8 Å². The number of nitrogens with one attached hydrogen (secondary N) is 1. The maximum atomic E-state index is 12.2. The zero-order valence-corrected chi connectivity index (χ0v) is 13.6. The number of thiazole rings is 1. The summed E-state index contributed by atoms with van der Waals surface area (Å²) in [5.41, 5.74) is 0.387. The summed E-state index contributed by atoms with van der Waals surface area (Å²) in [6.07, 6.45) is 1.54. The number of carboxylic acids is 1. The van der Waals surface area contributed by atoms with Gasteiger partial charge in [0.2, 0.25) is 0 Å². The van der Waals surface area contributed by atoms with Crippen LogP contribution in [0.25, 0.3) is 0 Å². The first kappa shape index (κ1) is 15.7. The first-order valence-corrected chi connectivity index (χ1v) is 7.61. The molecule has 1 aromatic carbocycles. The molecule has 2 aromatic rings. The Morgan fingerprint density at radius 2 is 2.24 bits per heavy atom. The lowest BCUT2D eigenvalue weighted by Gasteiger charge is -2.20. The van der Waals surface area contributed by atoms with Gasteiger partial charge in [0.15, 0.2) is 5.13 Å². The van der Waals surface area contributed by atoms with Gasteiger partial charge in [0, 0.05) is 10.7 Å². The Morgan fingerprint density at radius 3 is 2.81 bits per heavy atom. The number of benzene rings is 1. The summed E-state index contributed by atoms with van der Waals surface area (Å²) in [6, 6.07) is 5.80. The van der Waals surface area contributed by atoms with Crippen molar-refractivity contribution in [1.29, 1.82) is 0 Å². The van der Waals surface area contributed by atoms with Crippen molar-refractivity contribution >= 4 is 61.7 Å². The molecule has 2 rings (SSSR count). The van der Waals surface area contributed by atoms with Gasteiger partial charge >= 0.3 is 12.0 Å². The molecule has 0 saturated carbocycles. The van der Waals surface area contributed by atoms with Gasteiger partial charge in [0.1, 0.15) is 6.54 Å². The van der Waals surface area contributed by atoms with Gasteiger partial charge in [0.05, 0.1) is 9.98 Å². The highest BCUT2D eigenvalue weighted by molar-refractivity contribution is 9.11. The molecule has 0 radical (unpaired) electrons. The molecule has 2 amide bonds. The van der Waals surface area contributed by atoms with E-state index in [1.165, 1.54) is 17.4 Å². The minimum Gasteiger partial charge on any atom is -0.480 e. The van der Waals surface area contributed by atoms with E-state index in [2.05, 4.69) is 26.2 Å². The topological polar surface area (TPSA) is 82.5 Å². The van der Waals surface area contributed by atoms with E-state index in [9.17, 15) is 9.59 Å². The summed E-state index contributed by atoms with van der Waals surface area (Å²) >= 11 is 10.3. The molecule has 1 aromatic heterocycles. The van der Waals surface area contributed by atoms with Crippen LogP contribution in [0.2, 0.25) is 5.02 Å². The van der Waals surface area contributed by atoms with Gasteiger partial charge in [-0.2, -0.15) is 0 Å². The average Bonchev–Trinajstić information content (AvgIpc) is 2.81. The molecule has 1 heterocycles. The van der Waals surface area contributed by atoms with Crippen LogP contribution in [0.5, 0.6) is 0 Å². The summed E-state index contributed by atoms with van der Waals surface area (Å²) in [5, 5.41) is 12.3. The number of rotatable bonds is 4. The number of nitrogens with zero attached hydrogens (tertiary/aromatic N) is 2. The largest absolute Gasteiger partial charge is 0.480 e. The van der Waals surface area contributed by atoms with Crippen molar-refractivity contribution in [2.45, 2.75) is 0 Å². The zero-order valence-electron chi connectivity index (χ0n) is 10.4. The van der Waals surface area contributed by atoms with Crippen LogP contribution < -0.4 is 10.2 Å². The Balaban J connectivity index is 2.23. The van der Waals surface area contributed by atoms with Crippen LogP contribution in [-0.2, 0) is 4.79 Å². The number of anilines is 2. The van der Waals surface area contributed by atoms with Crippen LogP contribution in [0.3, 0.4) is 0 Å². The summed E-state index contributed by atoms with van der Waals surface area (Å²) in [6.45, 7) is -0.487. The molecule has 2 N–H and O–H groups in total. The number of carbonyl (C=O) groups excluding carboxylic acids is 1. The van der Waals surface area contributed by atoms with Crippen molar-refractivity contribution in [1.82, 2.24) is 4.98 Å². The van der Waals surface area contributed by atoms with Crippen LogP contribution in [0, 0.1) is 0 Å². The Morgan fingerprint density at radius 1 is 1.48 bits per heavy atom. The van der Waals surface area contributed by atoms with E-state index >= 15 is 0 Å². The quantitative estimate of drug-likeness (QED) is 0.834. The van der Waals surface area contributed by atoms with Crippen molar-refractivity contribution in [3.05, 3.63) is 39.3 Å². The second kappa shape index (κ2) is 6.88. The van der Waals surface area contributed by atoms with Gasteiger partial charge in [0.25, 0.3) is 0 Å². The Kier molecular flexibility index (Phi) is 5.16. The van der Waals surface area contributed by atoms with Crippen LogP contribution in [0.4, 0.5) is 15.6 Å². The van der Waals surface area contributed by atoms with Crippen molar-refractivity contribution in [3.8, 4) is 0 Å². The minimum absolute atomic E-state index is 0.365. The number of amides is 2. The van der Waals surface area contributed by atoms with E-state index < -0.39 is 18.5 Å². The Bertz CT molecular complexity index is 679. The lowest BCUT2D eigenvalue weighted by atomic mass is 10.3. The molecule has 0 unspecified atom stereocenters. The van der Waals surface area contributed by atoms with Crippen molar-refractivity contribution in [3.63, 3.8) is 0 Å². The maximum Gasteiger partial charge on any atom is 0.328 e. The van der Waals surface area contributed by atoms with Crippen LogP contribution >= 0.6 is 38.9 Å². The number of carbonyl (C=O) groups is 2. The number of carboxylic acid groups (broad SMARTS) is 1. The second-order valence-corrected chi connectivity index (χ2v) is 6.71. The predicted octanol–water partition coefficient (Wildman–Crippen LogP) is 3.68. The monoisotopic (exact) mass is 389 g/mol. The van der Waals surface area contributed by atoms with Crippen LogP contribution in [0.15, 0.2) is 34.2 Å². The molecule has 0 aliphatic carbocycles. The number of halogens is 2. The van der Waals surface area contributed by atoms with E-state index in [4.69, 9.17) is 16.7 Å². The number of aromatic nitrogens is 1. The molecule has 0 saturated heterocycles. The normalized spacial score (nSPS) is 10.2. The van der Waals surface area contributed by atoms with E-state index in [1.54, 1.807) is 24.4 Å². The molecule has 21 heavy (non-hydrogen) atoms. The lowest BCUT2D eigenvalue weighted by Crippen LogP contribution is -2.38. The lowest BCUT2D eigenvalue weighted by molar-refractivity contribution is -0.135. The molecular weight excluding hydrogens is 382 g/mol. The third-order valence-electron chi connectivity index (χ3n) is 2.35. The average molecular weight is 391 g/mol. The van der Waals surface area contributed by atoms with E-state index in [-0.39, 0.29) is 0 Å². The number of hydrogen-bond donors (Lipinski definition) is 2. The molecule has 0 atom stereocenters. The van der Waals surface area contributed by atoms with Gasteiger partial charge < -0.3 is 5.11 Å². The van der Waals surface area contributed by atoms with E-state index in [0.29, 0.717) is 15.8 Å². The minimum atomic E-state index is -1.13. The number of hydrogen-bond acceptors (Lipinski definition) is 4. The molecule has 0 fully saturated rings. The first-order valence-electron chi connectivity index (χ1n) is 5.63. The molecular formula is C12H9BrClN3O3S.